The molecule has 0 aliphatic carbocycles. The summed E-state index contributed by atoms with van der Waals surface area (Å²) >= 11 is 0. The van der Waals surface area contributed by atoms with E-state index >= 15 is 0 Å². The number of aliphatic hydroxyl groups excluding tert-OH is 3. The Labute approximate surface area is 180 Å². The first-order chi connectivity index (χ1) is 14.2. The molecule has 0 saturated carbocycles. The molecule has 0 aromatic heterocycles. The quantitative estimate of drug-likeness (QED) is 0.332. The molecule has 1 aliphatic heterocycles. The third kappa shape index (κ3) is 10.5. The van der Waals surface area contributed by atoms with Gasteiger partial charge in [0, 0.05) is 19.3 Å². The highest BCUT2D eigenvalue weighted by molar-refractivity contribution is 5.88. The Balaban J connectivity index is 2.98. The molecule has 0 bridgehead atoms. The molecule has 6 unspecified atom stereocenters. The molecule has 0 radical (unpaired) electrons. The van der Waals surface area contributed by atoms with Crippen LogP contribution in [-0.2, 0) is 14.3 Å². The molecule has 1 heterocycles. The van der Waals surface area contributed by atoms with Crippen molar-refractivity contribution in [3.05, 3.63) is 12.0 Å². The van der Waals surface area contributed by atoms with Gasteiger partial charge in [-0.15, -0.1) is 0 Å². The summed E-state index contributed by atoms with van der Waals surface area (Å²) in [5.41, 5.74) is 2.96. The van der Waals surface area contributed by atoms with Crippen molar-refractivity contribution in [1.29, 1.82) is 0 Å². The van der Waals surface area contributed by atoms with Crippen molar-refractivity contribution >= 4 is 5.90 Å². The Hall–Kier alpha value is -1.55. The smallest absolute Gasteiger partial charge is 0.241 e. The highest BCUT2D eigenvalue weighted by atomic mass is 16.8. The van der Waals surface area contributed by atoms with E-state index in [1.807, 2.05) is 20.8 Å². The second kappa shape index (κ2) is 13.7. The van der Waals surface area contributed by atoms with Gasteiger partial charge in [-0.05, 0) is 40.0 Å². The SMILES string of the molecule is CCC(CC(C)O)OC1=CC(OC(CC)CC(C)O)=NN(OC(CC)CC(C)O)N1. The van der Waals surface area contributed by atoms with Gasteiger partial charge in [0.05, 0.1) is 30.5 Å². The first-order valence-corrected chi connectivity index (χ1v) is 11.1. The third-order valence-electron chi connectivity index (χ3n) is 4.66. The van der Waals surface area contributed by atoms with E-state index in [1.54, 1.807) is 26.8 Å². The minimum absolute atomic E-state index is 0.191. The Morgan fingerprint density at radius 1 is 0.833 bits per heavy atom. The predicted octanol–water partition coefficient (Wildman–Crippen LogP) is 2.57. The largest absolute Gasteiger partial charge is 0.474 e. The van der Waals surface area contributed by atoms with E-state index < -0.39 is 18.3 Å². The van der Waals surface area contributed by atoms with Crippen LogP contribution in [-0.4, -0.2) is 63.1 Å². The van der Waals surface area contributed by atoms with Crippen LogP contribution in [0, 0.1) is 0 Å². The molecule has 9 heteroatoms. The summed E-state index contributed by atoms with van der Waals surface area (Å²) in [6, 6.07) is 0. The topological polar surface area (TPSA) is 116 Å². The Morgan fingerprint density at radius 2 is 1.30 bits per heavy atom. The van der Waals surface area contributed by atoms with E-state index in [1.165, 1.54) is 5.28 Å². The second-order valence-electron chi connectivity index (χ2n) is 8.02. The summed E-state index contributed by atoms with van der Waals surface area (Å²) < 4.78 is 12.0. The van der Waals surface area contributed by atoms with E-state index in [2.05, 4.69) is 10.5 Å². The lowest BCUT2D eigenvalue weighted by atomic mass is 10.1. The van der Waals surface area contributed by atoms with Crippen molar-refractivity contribution in [2.75, 3.05) is 0 Å². The van der Waals surface area contributed by atoms with E-state index in [-0.39, 0.29) is 18.3 Å². The van der Waals surface area contributed by atoms with Crippen molar-refractivity contribution < 1.29 is 29.6 Å². The summed E-state index contributed by atoms with van der Waals surface area (Å²) in [5.74, 6) is 0.696. The lowest BCUT2D eigenvalue weighted by Crippen LogP contribution is -2.42. The molecular formula is C21H41N3O6. The molecule has 9 nitrogen and oxygen atoms in total. The van der Waals surface area contributed by atoms with Crippen molar-refractivity contribution in [2.45, 2.75) is 117 Å². The van der Waals surface area contributed by atoms with Gasteiger partial charge in [-0.3, -0.25) is 0 Å². The first kappa shape index (κ1) is 26.5. The number of nitrogens with one attached hydrogen (secondary N) is 1. The molecule has 0 aromatic carbocycles. The van der Waals surface area contributed by atoms with Gasteiger partial charge in [-0.2, -0.15) is 0 Å². The molecule has 0 aromatic rings. The Bertz CT molecular complexity index is 539. The monoisotopic (exact) mass is 431 g/mol. The summed E-state index contributed by atoms with van der Waals surface area (Å²) in [7, 11) is 0. The van der Waals surface area contributed by atoms with Gasteiger partial charge in [0.25, 0.3) is 0 Å². The minimum atomic E-state index is -0.503. The molecule has 4 N–H and O–H groups in total. The molecule has 0 fully saturated rings. The normalized spacial score (nSPS) is 20.2. The van der Waals surface area contributed by atoms with Crippen LogP contribution in [0.4, 0.5) is 0 Å². The molecule has 1 rings (SSSR count). The molecule has 0 amide bonds. The number of ether oxygens (including phenoxy) is 2. The lowest BCUT2D eigenvalue weighted by Gasteiger charge is -2.31. The van der Waals surface area contributed by atoms with Gasteiger partial charge in [0.1, 0.15) is 12.2 Å². The fourth-order valence-electron chi connectivity index (χ4n) is 3.06. The fraction of sp³-hybridized carbons (Fsp3) is 0.857. The molecule has 176 valence electrons. The van der Waals surface area contributed by atoms with Crippen LogP contribution < -0.4 is 5.43 Å². The van der Waals surface area contributed by atoms with Crippen LogP contribution in [0.1, 0.15) is 80.1 Å². The van der Waals surface area contributed by atoms with Crippen molar-refractivity contribution in [3.8, 4) is 0 Å². The standard InChI is InChI=1S/C21H41N3O6/c1-7-17(10-14(4)25)28-20-13-21(29-18(8-2)11-15(5)26)23-24(22-20)30-19(9-3)12-16(6)27/h13-19,22,25-27H,7-12H2,1-6H3. The summed E-state index contributed by atoms with van der Waals surface area (Å²) in [4.78, 5) is 5.88. The van der Waals surface area contributed by atoms with Crippen LogP contribution in [0.5, 0.6) is 0 Å². The van der Waals surface area contributed by atoms with Gasteiger partial charge >= 0.3 is 0 Å². The summed E-state index contributed by atoms with van der Waals surface area (Å²) in [5, 5.41) is 34.6. The Morgan fingerprint density at radius 3 is 1.77 bits per heavy atom. The molecule has 6 atom stereocenters. The maximum Gasteiger partial charge on any atom is 0.241 e. The zero-order chi connectivity index (χ0) is 22.7. The van der Waals surface area contributed by atoms with Crippen LogP contribution in [0.25, 0.3) is 0 Å². The number of hydrogen-bond acceptors (Lipinski definition) is 9. The maximum absolute atomic E-state index is 9.71. The molecule has 30 heavy (non-hydrogen) atoms. The van der Waals surface area contributed by atoms with Gasteiger partial charge in [0.2, 0.25) is 11.8 Å². The van der Waals surface area contributed by atoms with Gasteiger partial charge in [0.15, 0.2) is 0 Å². The van der Waals surface area contributed by atoms with Crippen LogP contribution in [0.2, 0.25) is 0 Å². The zero-order valence-corrected chi connectivity index (χ0v) is 19.2. The van der Waals surface area contributed by atoms with E-state index in [9.17, 15) is 15.3 Å². The number of aliphatic hydroxyl groups is 3. The van der Waals surface area contributed by atoms with Crippen LogP contribution in [0.15, 0.2) is 17.1 Å². The zero-order valence-electron chi connectivity index (χ0n) is 19.2. The second-order valence-corrected chi connectivity index (χ2v) is 8.02. The van der Waals surface area contributed by atoms with Crippen LogP contribution >= 0.6 is 0 Å². The highest BCUT2D eigenvalue weighted by Crippen LogP contribution is 2.18. The maximum atomic E-state index is 9.71. The summed E-state index contributed by atoms with van der Waals surface area (Å²) in [6.07, 6.45) is 3.06. The average Bonchev–Trinajstić information content (AvgIpc) is 2.65. The van der Waals surface area contributed by atoms with E-state index in [4.69, 9.17) is 14.3 Å². The number of rotatable bonds is 14. The minimum Gasteiger partial charge on any atom is -0.474 e. The first-order valence-electron chi connectivity index (χ1n) is 11.1. The van der Waals surface area contributed by atoms with Gasteiger partial charge in [-0.1, -0.05) is 31.2 Å². The Kier molecular flexibility index (Phi) is 12.1. The number of hydrazone groups is 1. The van der Waals surface area contributed by atoms with Gasteiger partial charge < -0.3 is 24.8 Å². The highest BCUT2D eigenvalue weighted by Gasteiger charge is 2.24. The fourth-order valence-corrected chi connectivity index (χ4v) is 3.06. The molecule has 0 spiro atoms. The van der Waals surface area contributed by atoms with Crippen molar-refractivity contribution in [1.82, 2.24) is 10.7 Å². The number of hydrazine groups is 1. The lowest BCUT2D eigenvalue weighted by molar-refractivity contribution is -0.240. The third-order valence-corrected chi connectivity index (χ3v) is 4.66. The van der Waals surface area contributed by atoms with E-state index in [0.717, 1.165) is 6.42 Å². The van der Waals surface area contributed by atoms with Gasteiger partial charge in [-0.25, -0.2) is 10.3 Å². The predicted molar refractivity (Wildman–Crippen MR) is 115 cm³/mol. The molecule has 0 saturated heterocycles. The van der Waals surface area contributed by atoms with Crippen molar-refractivity contribution in [2.24, 2.45) is 5.10 Å². The average molecular weight is 432 g/mol. The van der Waals surface area contributed by atoms with E-state index in [0.29, 0.717) is 43.9 Å². The molecule has 1 aliphatic rings. The number of hydrogen-bond donors (Lipinski definition) is 4. The van der Waals surface area contributed by atoms with Crippen molar-refractivity contribution in [3.63, 3.8) is 0 Å². The number of nitrogens with zero attached hydrogens (tertiary/aromatic N) is 2. The molecular weight excluding hydrogens is 390 g/mol. The van der Waals surface area contributed by atoms with Crippen LogP contribution in [0.3, 0.4) is 0 Å². The summed E-state index contributed by atoms with van der Waals surface area (Å²) in [6.45, 7) is 11.1.